The maximum absolute atomic E-state index is 13.4. The van der Waals surface area contributed by atoms with Crippen molar-refractivity contribution in [3.63, 3.8) is 0 Å². The molecule has 0 fully saturated rings. The molecule has 0 saturated carbocycles. The minimum Gasteiger partial charge on any atom is -0.389 e. The molecule has 3 nitrogen and oxygen atoms in total. The number of hydrogen-bond donors (Lipinski definition) is 3. The summed E-state index contributed by atoms with van der Waals surface area (Å²) in [6.45, 7) is 3.19. The molecule has 0 aromatic heterocycles. The van der Waals surface area contributed by atoms with Crippen molar-refractivity contribution in [2.75, 3.05) is 6.54 Å². The molecule has 0 radical (unpaired) electrons. The van der Waals surface area contributed by atoms with E-state index in [4.69, 9.17) is 0 Å². The maximum atomic E-state index is 13.4. The van der Waals surface area contributed by atoms with Gasteiger partial charge in [0.25, 0.3) is 5.91 Å². The van der Waals surface area contributed by atoms with Gasteiger partial charge in [-0.2, -0.15) is 12.6 Å². The predicted molar refractivity (Wildman–Crippen MR) is 67.7 cm³/mol. The number of halogens is 1. The number of carbonyl (C=O) groups excluding carboxylic acids is 1. The van der Waals surface area contributed by atoms with Gasteiger partial charge in [0.05, 0.1) is 11.2 Å². The molecule has 0 aliphatic rings. The van der Waals surface area contributed by atoms with Crippen LogP contribution in [0, 0.1) is 5.82 Å². The van der Waals surface area contributed by atoms with Crippen LogP contribution in [0.3, 0.4) is 0 Å². The molecular formula is C12H16FNO2S. The molecule has 0 atom stereocenters. The van der Waals surface area contributed by atoms with Gasteiger partial charge in [-0.1, -0.05) is 6.07 Å². The van der Waals surface area contributed by atoms with Crippen molar-refractivity contribution in [2.45, 2.75) is 25.2 Å². The number of nitrogens with one attached hydrogen (secondary N) is 1. The minimum absolute atomic E-state index is 0.0270. The van der Waals surface area contributed by atoms with Crippen LogP contribution in [0.15, 0.2) is 18.2 Å². The van der Waals surface area contributed by atoms with Gasteiger partial charge in [0.2, 0.25) is 0 Å². The van der Waals surface area contributed by atoms with Gasteiger partial charge in [-0.15, -0.1) is 0 Å². The fourth-order valence-corrected chi connectivity index (χ4v) is 1.43. The number of hydrogen-bond acceptors (Lipinski definition) is 3. The number of aliphatic hydroxyl groups is 1. The summed E-state index contributed by atoms with van der Waals surface area (Å²) in [5, 5.41) is 11.9. The van der Waals surface area contributed by atoms with Crippen molar-refractivity contribution < 1.29 is 14.3 Å². The molecule has 5 heteroatoms. The van der Waals surface area contributed by atoms with Crippen molar-refractivity contribution in [3.05, 3.63) is 35.1 Å². The summed E-state index contributed by atoms with van der Waals surface area (Å²) in [5.74, 6) is -0.677. The Morgan fingerprint density at radius 3 is 2.71 bits per heavy atom. The van der Waals surface area contributed by atoms with Crippen LogP contribution in [-0.2, 0) is 5.75 Å². The largest absolute Gasteiger partial charge is 0.389 e. The Hall–Kier alpha value is -1.07. The van der Waals surface area contributed by atoms with Crippen LogP contribution in [0.5, 0.6) is 0 Å². The van der Waals surface area contributed by atoms with E-state index in [1.807, 2.05) is 0 Å². The molecular weight excluding hydrogens is 241 g/mol. The van der Waals surface area contributed by atoms with E-state index in [0.29, 0.717) is 5.75 Å². The SMILES string of the molecule is CC(C)(O)CNC(=O)c1cc(CS)ccc1F. The lowest BCUT2D eigenvalue weighted by atomic mass is 10.1. The number of carbonyl (C=O) groups is 1. The summed E-state index contributed by atoms with van der Waals surface area (Å²) in [6, 6.07) is 4.28. The molecule has 0 spiro atoms. The zero-order valence-electron chi connectivity index (χ0n) is 9.83. The van der Waals surface area contributed by atoms with E-state index in [0.717, 1.165) is 5.56 Å². The van der Waals surface area contributed by atoms with Gasteiger partial charge >= 0.3 is 0 Å². The Balaban J connectivity index is 2.81. The maximum Gasteiger partial charge on any atom is 0.254 e. The minimum atomic E-state index is -1.02. The summed E-state index contributed by atoms with van der Waals surface area (Å²) in [4.78, 5) is 11.7. The molecule has 0 heterocycles. The lowest BCUT2D eigenvalue weighted by Gasteiger charge is -2.17. The highest BCUT2D eigenvalue weighted by Gasteiger charge is 2.17. The van der Waals surface area contributed by atoms with Gasteiger partial charge < -0.3 is 10.4 Å². The zero-order valence-corrected chi connectivity index (χ0v) is 10.7. The van der Waals surface area contributed by atoms with E-state index < -0.39 is 17.3 Å². The molecule has 1 aromatic carbocycles. The molecule has 0 bridgehead atoms. The van der Waals surface area contributed by atoms with Crippen molar-refractivity contribution in [1.82, 2.24) is 5.32 Å². The first kappa shape index (κ1) is 14.0. The molecule has 2 N–H and O–H groups in total. The number of amides is 1. The van der Waals surface area contributed by atoms with E-state index in [2.05, 4.69) is 17.9 Å². The third-order valence-electron chi connectivity index (χ3n) is 2.14. The van der Waals surface area contributed by atoms with E-state index in [1.54, 1.807) is 19.9 Å². The Morgan fingerprint density at radius 2 is 2.18 bits per heavy atom. The summed E-state index contributed by atoms with van der Waals surface area (Å²) in [5.41, 5.74) is -0.281. The molecule has 0 saturated heterocycles. The van der Waals surface area contributed by atoms with Crippen LogP contribution < -0.4 is 5.32 Å². The summed E-state index contributed by atoms with van der Waals surface area (Å²) in [6.07, 6.45) is 0. The Bertz CT molecular complexity index is 415. The van der Waals surface area contributed by atoms with Crippen molar-refractivity contribution >= 4 is 18.5 Å². The number of thiol groups is 1. The summed E-state index contributed by atoms with van der Waals surface area (Å²) < 4.78 is 13.4. The average Bonchev–Trinajstić information content (AvgIpc) is 2.25. The zero-order chi connectivity index (χ0) is 13.1. The first-order valence-electron chi connectivity index (χ1n) is 5.23. The summed E-state index contributed by atoms with van der Waals surface area (Å²) >= 11 is 4.06. The molecule has 17 heavy (non-hydrogen) atoms. The second-order valence-electron chi connectivity index (χ2n) is 4.47. The Labute approximate surface area is 105 Å². The highest BCUT2D eigenvalue weighted by Crippen LogP contribution is 2.12. The Kier molecular flexibility index (Phi) is 4.54. The lowest BCUT2D eigenvalue weighted by molar-refractivity contribution is 0.0692. The van der Waals surface area contributed by atoms with Gasteiger partial charge in [-0.05, 0) is 31.5 Å². The van der Waals surface area contributed by atoms with E-state index in [9.17, 15) is 14.3 Å². The van der Waals surface area contributed by atoms with Crippen molar-refractivity contribution in [1.29, 1.82) is 0 Å². The van der Waals surface area contributed by atoms with Gasteiger partial charge in [0.1, 0.15) is 5.82 Å². The highest BCUT2D eigenvalue weighted by atomic mass is 32.1. The van der Waals surface area contributed by atoms with E-state index in [-0.39, 0.29) is 12.1 Å². The van der Waals surface area contributed by atoms with Crippen molar-refractivity contribution in [2.24, 2.45) is 0 Å². The molecule has 0 unspecified atom stereocenters. The standard InChI is InChI=1S/C12H16FNO2S/c1-12(2,16)7-14-11(15)9-5-8(6-17)3-4-10(9)13/h3-5,16-17H,6-7H2,1-2H3,(H,14,15). The molecule has 1 amide bonds. The number of rotatable bonds is 4. The fourth-order valence-electron chi connectivity index (χ4n) is 1.24. The highest BCUT2D eigenvalue weighted by molar-refractivity contribution is 7.79. The molecule has 1 rings (SSSR count). The van der Waals surface area contributed by atoms with Gasteiger partial charge in [-0.25, -0.2) is 4.39 Å². The molecule has 0 aliphatic carbocycles. The van der Waals surface area contributed by atoms with Crippen LogP contribution in [-0.4, -0.2) is 23.2 Å². The predicted octanol–water partition coefficient (Wildman–Crippen LogP) is 1.76. The smallest absolute Gasteiger partial charge is 0.254 e. The molecule has 0 aliphatic heterocycles. The van der Waals surface area contributed by atoms with Crippen LogP contribution >= 0.6 is 12.6 Å². The quantitative estimate of drug-likeness (QED) is 0.720. The average molecular weight is 257 g/mol. The van der Waals surface area contributed by atoms with Crippen LogP contribution in [0.4, 0.5) is 4.39 Å². The normalized spacial score (nSPS) is 11.4. The van der Waals surface area contributed by atoms with Gasteiger partial charge in [-0.3, -0.25) is 4.79 Å². The number of benzene rings is 1. The second kappa shape index (κ2) is 5.51. The summed E-state index contributed by atoms with van der Waals surface area (Å²) in [7, 11) is 0. The van der Waals surface area contributed by atoms with Crippen LogP contribution in [0.25, 0.3) is 0 Å². The van der Waals surface area contributed by atoms with Gasteiger partial charge in [0, 0.05) is 12.3 Å². The monoisotopic (exact) mass is 257 g/mol. The topological polar surface area (TPSA) is 49.3 Å². The lowest BCUT2D eigenvalue weighted by Crippen LogP contribution is -2.38. The third-order valence-corrected chi connectivity index (χ3v) is 2.50. The fraction of sp³-hybridized carbons (Fsp3) is 0.417. The third kappa shape index (κ3) is 4.36. The first-order chi connectivity index (χ1) is 7.83. The van der Waals surface area contributed by atoms with Crippen molar-refractivity contribution in [3.8, 4) is 0 Å². The second-order valence-corrected chi connectivity index (χ2v) is 4.78. The van der Waals surface area contributed by atoms with E-state index in [1.165, 1.54) is 12.1 Å². The van der Waals surface area contributed by atoms with Crippen LogP contribution in [0.2, 0.25) is 0 Å². The van der Waals surface area contributed by atoms with Gasteiger partial charge in [0.15, 0.2) is 0 Å². The Morgan fingerprint density at radius 1 is 1.53 bits per heavy atom. The molecule has 1 aromatic rings. The molecule has 94 valence electrons. The van der Waals surface area contributed by atoms with E-state index >= 15 is 0 Å². The first-order valence-corrected chi connectivity index (χ1v) is 5.86. The van der Waals surface area contributed by atoms with Crippen LogP contribution in [0.1, 0.15) is 29.8 Å².